The normalized spacial score (nSPS) is 21.8. The third-order valence-corrected chi connectivity index (χ3v) is 6.63. The average Bonchev–Trinajstić information content (AvgIpc) is 2.62. The first-order valence-corrected chi connectivity index (χ1v) is 9.76. The molecule has 132 valence electrons. The van der Waals surface area contributed by atoms with E-state index < -0.39 is 21.9 Å². The number of nitrogens with zero attached hydrogens (tertiary/aromatic N) is 1. The molecule has 1 fully saturated rings. The molecule has 0 saturated carbocycles. The highest BCUT2D eigenvalue weighted by molar-refractivity contribution is 7.89. The Morgan fingerprint density at radius 3 is 2.28 bits per heavy atom. The topological polar surface area (TPSA) is 74.7 Å². The molecule has 0 spiro atoms. The smallest absolute Gasteiger partial charge is 0.307 e. The summed E-state index contributed by atoms with van der Waals surface area (Å²) >= 11 is 5.85. The van der Waals surface area contributed by atoms with Crippen molar-refractivity contribution in [2.75, 3.05) is 6.54 Å². The summed E-state index contributed by atoms with van der Waals surface area (Å²) in [5.74, 6) is -1.68. The number of aliphatic carboxylic acids is 1. The standard InChI is InChI=1S/C18H18ClNO4S/c19-15-7-9-16(10-8-15)25(23,24)20-12-14(18(21)22)6-11-17(20)13-4-2-1-3-5-13/h1-5,7-10,14,17H,6,11-12H2,(H,21,22). The molecule has 5 nitrogen and oxygen atoms in total. The van der Waals surface area contributed by atoms with Gasteiger partial charge in [0.15, 0.2) is 0 Å². The molecule has 0 aromatic heterocycles. The molecule has 3 rings (SSSR count). The number of piperidine rings is 1. The van der Waals surface area contributed by atoms with Crippen LogP contribution in [-0.4, -0.2) is 30.3 Å². The molecule has 0 bridgehead atoms. The van der Waals surface area contributed by atoms with Crippen LogP contribution in [0.3, 0.4) is 0 Å². The molecular weight excluding hydrogens is 362 g/mol. The molecule has 2 aromatic rings. The molecule has 2 unspecified atom stereocenters. The number of rotatable bonds is 4. The van der Waals surface area contributed by atoms with Gasteiger partial charge in [-0.05, 0) is 42.7 Å². The highest BCUT2D eigenvalue weighted by Gasteiger charge is 2.39. The van der Waals surface area contributed by atoms with Crippen LogP contribution in [0.1, 0.15) is 24.4 Å². The van der Waals surface area contributed by atoms with Crippen molar-refractivity contribution in [1.82, 2.24) is 4.31 Å². The zero-order valence-corrected chi connectivity index (χ0v) is 14.9. The van der Waals surface area contributed by atoms with Crippen molar-refractivity contribution in [3.8, 4) is 0 Å². The van der Waals surface area contributed by atoms with Gasteiger partial charge < -0.3 is 5.11 Å². The van der Waals surface area contributed by atoms with Crippen LogP contribution in [0, 0.1) is 5.92 Å². The predicted molar refractivity (Wildman–Crippen MR) is 94.9 cm³/mol. The molecular formula is C18H18ClNO4S. The van der Waals surface area contributed by atoms with Gasteiger partial charge in [-0.1, -0.05) is 41.9 Å². The lowest BCUT2D eigenvalue weighted by Gasteiger charge is -2.37. The Morgan fingerprint density at radius 2 is 1.68 bits per heavy atom. The van der Waals surface area contributed by atoms with Crippen molar-refractivity contribution in [3.05, 3.63) is 65.2 Å². The van der Waals surface area contributed by atoms with Crippen LogP contribution in [0.2, 0.25) is 5.02 Å². The molecule has 0 radical (unpaired) electrons. The quantitative estimate of drug-likeness (QED) is 0.881. The van der Waals surface area contributed by atoms with Gasteiger partial charge in [0.1, 0.15) is 0 Å². The first kappa shape index (κ1) is 17.9. The molecule has 1 N–H and O–H groups in total. The number of sulfonamides is 1. The van der Waals surface area contributed by atoms with Gasteiger partial charge in [-0.15, -0.1) is 0 Å². The maximum Gasteiger partial charge on any atom is 0.307 e. The van der Waals surface area contributed by atoms with Crippen molar-refractivity contribution < 1.29 is 18.3 Å². The van der Waals surface area contributed by atoms with Crippen molar-refractivity contribution in [2.24, 2.45) is 5.92 Å². The van der Waals surface area contributed by atoms with Crippen LogP contribution < -0.4 is 0 Å². The van der Waals surface area contributed by atoms with Crippen LogP contribution in [-0.2, 0) is 14.8 Å². The Labute approximate surface area is 151 Å². The fraction of sp³-hybridized carbons (Fsp3) is 0.278. The minimum atomic E-state index is -3.83. The third kappa shape index (κ3) is 3.71. The summed E-state index contributed by atoms with van der Waals surface area (Å²) in [6.45, 7) is -0.0418. The second kappa shape index (κ2) is 7.15. The Morgan fingerprint density at radius 1 is 1.04 bits per heavy atom. The van der Waals surface area contributed by atoms with E-state index in [0.717, 1.165) is 5.56 Å². The summed E-state index contributed by atoms with van der Waals surface area (Å²) in [5.41, 5.74) is 0.865. The molecule has 7 heteroatoms. The number of hydrogen-bond donors (Lipinski definition) is 1. The van der Waals surface area contributed by atoms with E-state index in [0.29, 0.717) is 17.9 Å². The number of halogens is 1. The lowest BCUT2D eigenvalue weighted by atomic mass is 9.91. The summed E-state index contributed by atoms with van der Waals surface area (Å²) in [7, 11) is -3.83. The summed E-state index contributed by atoms with van der Waals surface area (Å²) < 4.78 is 27.6. The maximum absolute atomic E-state index is 13.1. The number of benzene rings is 2. The number of carboxylic acids is 1. The van der Waals surface area contributed by atoms with Gasteiger partial charge in [0.2, 0.25) is 10.0 Å². The van der Waals surface area contributed by atoms with Gasteiger partial charge in [0.05, 0.1) is 16.9 Å². The molecule has 0 amide bonds. The van der Waals surface area contributed by atoms with E-state index in [-0.39, 0.29) is 17.5 Å². The molecule has 0 aliphatic carbocycles. The minimum Gasteiger partial charge on any atom is -0.481 e. The largest absolute Gasteiger partial charge is 0.481 e. The highest BCUT2D eigenvalue weighted by Crippen LogP contribution is 2.37. The van der Waals surface area contributed by atoms with E-state index in [1.54, 1.807) is 0 Å². The third-order valence-electron chi connectivity index (χ3n) is 4.49. The van der Waals surface area contributed by atoms with Gasteiger partial charge in [0, 0.05) is 11.6 Å². The van der Waals surface area contributed by atoms with Crippen LogP contribution in [0.4, 0.5) is 0 Å². The second-order valence-corrected chi connectivity index (χ2v) is 8.39. The molecule has 2 aromatic carbocycles. The zero-order chi connectivity index (χ0) is 18.0. The van der Waals surface area contributed by atoms with E-state index in [9.17, 15) is 18.3 Å². The fourth-order valence-corrected chi connectivity index (χ4v) is 4.97. The Kier molecular flexibility index (Phi) is 5.13. The molecule has 1 heterocycles. The first-order valence-electron chi connectivity index (χ1n) is 7.95. The molecule has 2 atom stereocenters. The summed E-state index contributed by atoms with van der Waals surface area (Å²) in [4.78, 5) is 11.5. The lowest BCUT2D eigenvalue weighted by molar-refractivity contribution is -0.143. The van der Waals surface area contributed by atoms with Crippen LogP contribution in [0.25, 0.3) is 0 Å². The van der Waals surface area contributed by atoms with Crippen LogP contribution >= 0.6 is 11.6 Å². The van der Waals surface area contributed by atoms with Crippen LogP contribution in [0.5, 0.6) is 0 Å². The number of carboxylic acid groups (broad SMARTS) is 1. The number of carbonyl (C=O) groups is 1. The Bertz CT molecular complexity index is 852. The SMILES string of the molecule is O=C(O)C1CCC(c2ccccc2)N(S(=O)(=O)c2ccc(Cl)cc2)C1. The van der Waals surface area contributed by atoms with Gasteiger partial charge in [-0.2, -0.15) is 4.31 Å². The molecule has 25 heavy (non-hydrogen) atoms. The highest BCUT2D eigenvalue weighted by atomic mass is 35.5. The predicted octanol–water partition coefficient (Wildman–Crippen LogP) is 3.57. The van der Waals surface area contributed by atoms with Crippen molar-refractivity contribution >= 4 is 27.6 Å². The second-order valence-electron chi connectivity index (χ2n) is 6.07. The summed E-state index contributed by atoms with van der Waals surface area (Å²) in [5, 5.41) is 9.79. The molecule has 1 saturated heterocycles. The van der Waals surface area contributed by atoms with E-state index in [1.165, 1.54) is 28.6 Å². The first-order chi connectivity index (χ1) is 11.9. The maximum atomic E-state index is 13.1. The fourth-order valence-electron chi connectivity index (χ4n) is 3.16. The van der Waals surface area contributed by atoms with E-state index in [4.69, 9.17) is 11.6 Å². The zero-order valence-electron chi connectivity index (χ0n) is 13.4. The van der Waals surface area contributed by atoms with Crippen molar-refractivity contribution in [3.63, 3.8) is 0 Å². The van der Waals surface area contributed by atoms with Crippen molar-refractivity contribution in [2.45, 2.75) is 23.8 Å². The summed E-state index contributed by atoms with van der Waals surface area (Å²) in [6.07, 6.45) is 0.912. The van der Waals surface area contributed by atoms with Gasteiger partial charge in [-0.3, -0.25) is 4.79 Å². The van der Waals surface area contributed by atoms with Crippen LogP contribution in [0.15, 0.2) is 59.5 Å². The van der Waals surface area contributed by atoms with Gasteiger partial charge in [-0.25, -0.2) is 8.42 Å². The molecule has 1 aliphatic rings. The van der Waals surface area contributed by atoms with Gasteiger partial charge >= 0.3 is 5.97 Å². The van der Waals surface area contributed by atoms with E-state index in [2.05, 4.69) is 0 Å². The average molecular weight is 380 g/mol. The summed E-state index contributed by atoms with van der Waals surface area (Å²) in [6, 6.07) is 14.9. The Hall–Kier alpha value is -1.89. The number of hydrogen-bond acceptors (Lipinski definition) is 3. The lowest BCUT2D eigenvalue weighted by Crippen LogP contribution is -2.44. The monoisotopic (exact) mass is 379 g/mol. The van der Waals surface area contributed by atoms with E-state index >= 15 is 0 Å². The van der Waals surface area contributed by atoms with Gasteiger partial charge in [0.25, 0.3) is 0 Å². The molecule has 1 aliphatic heterocycles. The van der Waals surface area contributed by atoms with E-state index in [1.807, 2.05) is 30.3 Å². The minimum absolute atomic E-state index is 0.0418. The Balaban J connectivity index is 2.02. The van der Waals surface area contributed by atoms with Crippen molar-refractivity contribution in [1.29, 1.82) is 0 Å².